The smallest absolute Gasteiger partial charge is 0.506 e. The van der Waals surface area contributed by atoms with Crippen molar-refractivity contribution in [1.29, 1.82) is 0 Å². The van der Waals surface area contributed by atoms with Crippen LogP contribution >= 0.6 is 47.8 Å². The second-order valence-corrected chi connectivity index (χ2v) is 11.8. The first-order chi connectivity index (χ1) is 17.9. The van der Waals surface area contributed by atoms with Crippen LogP contribution in [0.3, 0.4) is 0 Å². The maximum absolute atomic E-state index is 13.6. The Morgan fingerprint density at radius 3 is 2.39 bits per heavy atom. The molecule has 0 aliphatic carbocycles. The Bertz CT molecular complexity index is 1200. The maximum atomic E-state index is 13.6. The first-order valence-electron chi connectivity index (χ1n) is 11.8. The van der Waals surface area contributed by atoms with E-state index in [0.717, 1.165) is 5.56 Å². The predicted octanol–water partition coefficient (Wildman–Crippen LogP) is 4.29. The van der Waals surface area contributed by atoms with Crippen molar-refractivity contribution in [2.24, 2.45) is 5.92 Å². The van der Waals surface area contributed by atoms with Crippen LogP contribution in [0.4, 0.5) is 0 Å². The summed E-state index contributed by atoms with van der Waals surface area (Å²) in [6.45, 7) is 3.85. The summed E-state index contributed by atoms with van der Waals surface area (Å²) in [5, 5.41) is 14.7. The Morgan fingerprint density at radius 1 is 1.08 bits per heavy atom. The summed E-state index contributed by atoms with van der Waals surface area (Å²) in [7, 11) is -1.15. The van der Waals surface area contributed by atoms with Crippen LogP contribution in [-0.2, 0) is 30.1 Å². The van der Waals surface area contributed by atoms with Crippen molar-refractivity contribution in [2.45, 2.75) is 51.2 Å². The molecule has 202 valence electrons. The van der Waals surface area contributed by atoms with Crippen LogP contribution in [0.5, 0.6) is 0 Å². The summed E-state index contributed by atoms with van der Waals surface area (Å²) in [6.07, 6.45) is -1.20. The zero-order valence-corrected chi connectivity index (χ0v) is 25.3. The molecule has 1 heterocycles. The summed E-state index contributed by atoms with van der Waals surface area (Å²) in [4.78, 5) is 50.1. The van der Waals surface area contributed by atoms with Gasteiger partial charge in [-0.25, -0.2) is 0 Å². The zero-order chi connectivity index (χ0) is 28.0. The van der Waals surface area contributed by atoms with E-state index in [1.807, 2.05) is 44.2 Å². The van der Waals surface area contributed by atoms with E-state index in [9.17, 15) is 19.2 Å². The summed E-state index contributed by atoms with van der Waals surface area (Å²) in [5.41, 5.74) is 1.15. The largest absolute Gasteiger partial charge is 0.552 e. The molecule has 0 radical (unpaired) electrons. The lowest BCUT2D eigenvalue weighted by Crippen LogP contribution is -2.55. The quantitative estimate of drug-likeness (QED) is 0.234. The Kier molecular flexibility index (Phi) is 11.0. The van der Waals surface area contributed by atoms with Gasteiger partial charge >= 0.3 is 19.1 Å². The number of rotatable bonds is 11. The first-order valence-corrected chi connectivity index (χ1v) is 14.2. The highest BCUT2D eigenvalue weighted by Gasteiger charge is 2.47. The normalized spacial score (nSPS) is 16.6. The fourth-order valence-corrected chi connectivity index (χ4v) is 5.58. The van der Waals surface area contributed by atoms with Crippen LogP contribution in [0, 0.1) is 5.92 Å². The minimum Gasteiger partial charge on any atom is -0.506 e. The predicted molar refractivity (Wildman–Crippen MR) is 151 cm³/mol. The van der Waals surface area contributed by atoms with Gasteiger partial charge in [-0.15, -0.1) is 0 Å². The minimum absolute atomic E-state index is 0.0817. The number of hydrogen-bond donors (Lipinski definition) is 3. The van der Waals surface area contributed by atoms with Crippen molar-refractivity contribution in [1.82, 2.24) is 10.6 Å². The molecule has 38 heavy (non-hydrogen) atoms. The van der Waals surface area contributed by atoms with Crippen molar-refractivity contribution < 1.29 is 33.6 Å². The van der Waals surface area contributed by atoms with Crippen LogP contribution in [0.1, 0.15) is 42.6 Å². The molecule has 0 spiro atoms. The second kappa shape index (κ2) is 13.7. The lowest BCUT2D eigenvalue weighted by atomic mass is 9.74. The summed E-state index contributed by atoms with van der Waals surface area (Å²) in [6, 6.07) is 11.7. The fraction of sp³-hybridized carbons (Fsp3) is 0.360. The number of amides is 2. The highest BCUT2D eigenvalue weighted by Crippen LogP contribution is 2.31. The third-order valence-corrected chi connectivity index (χ3v) is 8.15. The van der Waals surface area contributed by atoms with Crippen molar-refractivity contribution in [3.8, 4) is 0 Å². The number of carboxylic acids is 1. The fourth-order valence-electron chi connectivity index (χ4n) is 3.95. The van der Waals surface area contributed by atoms with E-state index >= 15 is 0 Å². The van der Waals surface area contributed by atoms with E-state index in [1.165, 1.54) is 0 Å². The number of carboxylic acid groups (broad SMARTS) is 1. The lowest BCUT2D eigenvalue weighted by molar-refractivity contribution is -0.145. The van der Waals surface area contributed by atoms with E-state index in [2.05, 4.69) is 58.4 Å². The van der Waals surface area contributed by atoms with Gasteiger partial charge in [0.2, 0.25) is 5.91 Å². The van der Waals surface area contributed by atoms with Gasteiger partial charge in [-0.05, 0) is 61.9 Å². The second-order valence-electron chi connectivity index (χ2n) is 9.24. The van der Waals surface area contributed by atoms with Gasteiger partial charge in [0.15, 0.2) is 6.10 Å². The third-order valence-electron chi connectivity index (χ3n) is 5.68. The van der Waals surface area contributed by atoms with E-state index < -0.39 is 55.4 Å². The minimum atomic E-state index is -1.25. The van der Waals surface area contributed by atoms with Gasteiger partial charge in [0.25, 0.3) is 5.91 Å². The van der Waals surface area contributed by atoms with E-state index in [-0.39, 0.29) is 12.3 Å². The van der Waals surface area contributed by atoms with Crippen LogP contribution in [0.25, 0.3) is 0 Å². The molecule has 3 rings (SSSR count). The molecule has 1 fully saturated rings. The zero-order valence-electron chi connectivity index (χ0n) is 20.6. The molecule has 1 saturated heterocycles. The number of hydrogen-bond acceptors (Lipinski definition) is 6. The van der Waals surface area contributed by atoms with Gasteiger partial charge in [-0.1, -0.05) is 60.1 Å². The molecule has 3 N–H and O–H groups in total. The molecule has 0 aromatic heterocycles. The molecule has 2 aromatic rings. The molecule has 1 unspecified atom stereocenters. The maximum Gasteiger partial charge on any atom is 0.552 e. The van der Waals surface area contributed by atoms with Crippen LogP contribution < -0.4 is 10.6 Å². The van der Waals surface area contributed by atoms with Crippen molar-refractivity contribution in [2.75, 3.05) is 0 Å². The number of carbonyl (C=O) groups excluding carboxylic acids is 3. The molecular weight excluding hydrogens is 691 g/mol. The van der Waals surface area contributed by atoms with Gasteiger partial charge in [0, 0.05) is 19.8 Å². The van der Waals surface area contributed by atoms with Gasteiger partial charge < -0.3 is 25.0 Å². The Labute approximate surface area is 245 Å². The average Bonchev–Trinajstić information content (AvgIpc) is 3.20. The highest BCUT2D eigenvalue weighted by molar-refractivity contribution is 9.13. The van der Waals surface area contributed by atoms with E-state index in [1.54, 1.807) is 12.1 Å². The Morgan fingerprint density at radius 2 is 1.76 bits per heavy atom. The topological polar surface area (TPSA) is 131 Å². The molecule has 1 aliphatic heterocycles. The van der Waals surface area contributed by atoms with Crippen molar-refractivity contribution in [3.63, 3.8) is 0 Å². The molecule has 2 amide bonds. The third kappa shape index (κ3) is 8.39. The molecular formula is C25H26BBr3N2O7. The van der Waals surface area contributed by atoms with Crippen LogP contribution in [-0.4, -0.2) is 54.1 Å². The van der Waals surface area contributed by atoms with E-state index in [4.69, 9.17) is 14.4 Å². The first kappa shape index (κ1) is 30.3. The monoisotopic (exact) mass is 714 g/mol. The summed E-state index contributed by atoms with van der Waals surface area (Å²) < 4.78 is 12.7. The number of benzene rings is 2. The SMILES string of the molecule is CC(C)C[C@H](NC(=O)[C@H](Cc1ccccc1)NC(=O)c1cc(Br)cc(Br)c1Br)B1OC(=O)C(CC(=O)O)O1. The highest BCUT2D eigenvalue weighted by atomic mass is 79.9. The molecule has 0 saturated carbocycles. The van der Waals surface area contributed by atoms with Crippen LogP contribution in [0.2, 0.25) is 0 Å². The number of aliphatic carboxylic acids is 1. The lowest BCUT2D eigenvalue weighted by Gasteiger charge is -2.25. The van der Waals surface area contributed by atoms with Gasteiger partial charge in [-0.2, -0.15) is 0 Å². The molecule has 13 heteroatoms. The Balaban J connectivity index is 1.84. The van der Waals surface area contributed by atoms with E-state index in [0.29, 0.717) is 25.4 Å². The molecule has 0 bridgehead atoms. The van der Waals surface area contributed by atoms with Gasteiger partial charge in [0.1, 0.15) is 6.04 Å². The molecule has 9 nitrogen and oxygen atoms in total. The summed E-state index contributed by atoms with van der Waals surface area (Å²) >= 11 is 10.2. The van der Waals surface area contributed by atoms with Gasteiger partial charge in [0.05, 0.1) is 17.9 Å². The molecule has 1 aliphatic rings. The van der Waals surface area contributed by atoms with Crippen LogP contribution in [0.15, 0.2) is 55.9 Å². The van der Waals surface area contributed by atoms with Crippen molar-refractivity contribution in [3.05, 3.63) is 67.0 Å². The van der Waals surface area contributed by atoms with Crippen molar-refractivity contribution >= 4 is 78.7 Å². The summed E-state index contributed by atoms with van der Waals surface area (Å²) in [5.74, 6) is -3.64. The number of nitrogens with one attached hydrogen (secondary N) is 2. The number of carbonyl (C=O) groups is 4. The average molecular weight is 717 g/mol. The Hall–Kier alpha value is -2.22. The van der Waals surface area contributed by atoms with Gasteiger partial charge in [-0.3, -0.25) is 19.2 Å². The molecule has 3 atom stereocenters. The number of halogens is 3. The standard InChI is InChI=1S/C25H26BBr3N2O7/c1-13(2)8-20(26-37-19(12-21(32)33)25(36)38-26)31-24(35)18(9-14-6-4-3-5-7-14)30-23(34)16-10-15(27)11-17(28)22(16)29/h3-7,10-11,13,18-20H,8-9,12H2,1-2H3,(H,30,34)(H,31,35)(H,32,33)/t18-,19?,20-/m0/s1. The molecule has 2 aromatic carbocycles.